The SMILES string of the molecule is N#C/C(=N/Nc1ccc(Cl)cc1Cl)c1nc(O)cs1. The number of anilines is 1. The van der Waals surface area contributed by atoms with Crippen LogP contribution in [0.5, 0.6) is 5.88 Å². The van der Waals surface area contributed by atoms with Gasteiger partial charge in [-0.3, -0.25) is 5.43 Å². The molecule has 0 radical (unpaired) electrons. The Balaban J connectivity index is 2.23. The number of benzene rings is 1. The van der Waals surface area contributed by atoms with Crippen molar-refractivity contribution in [1.29, 1.82) is 5.26 Å². The van der Waals surface area contributed by atoms with Crippen molar-refractivity contribution in [2.45, 2.75) is 0 Å². The van der Waals surface area contributed by atoms with Gasteiger partial charge in [-0.15, -0.1) is 11.3 Å². The topological polar surface area (TPSA) is 81.3 Å². The largest absolute Gasteiger partial charge is 0.493 e. The monoisotopic (exact) mass is 312 g/mol. The molecular weight excluding hydrogens is 307 g/mol. The molecule has 0 unspecified atom stereocenters. The predicted molar refractivity (Wildman–Crippen MR) is 76.0 cm³/mol. The molecule has 0 spiro atoms. The predicted octanol–water partition coefficient (Wildman–Crippen LogP) is 3.50. The molecular formula is C11H6Cl2N4OS. The first-order chi connectivity index (χ1) is 9.10. The first-order valence-corrected chi connectivity index (χ1v) is 6.57. The number of thiazole rings is 1. The summed E-state index contributed by atoms with van der Waals surface area (Å²) in [6.45, 7) is 0. The lowest BCUT2D eigenvalue weighted by molar-refractivity contribution is 0.457. The van der Waals surface area contributed by atoms with Crippen molar-refractivity contribution >= 4 is 45.9 Å². The number of hydrogen-bond acceptors (Lipinski definition) is 6. The standard InChI is InChI=1S/C11H6Cl2N4OS/c12-6-1-2-8(7(13)3-6)16-17-9(4-14)11-15-10(18)5-19-11/h1-3,5,16,18H/b17-9-. The molecule has 0 bridgehead atoms. The van der Waals surface area contributed by atoms with Crippen molar-refractivity contribution in [2.24, 2.45) is 5.10 Å². The zero-order valence-electron chi connectivity index (χ0n) is 9.26. The minimum Gasteiger partial charge on any atom is -0.493 e. The molecule has 8 heteroatoms. The molecule has 2 N–H and O–H groups in total. The fourth-order valence-corrected chi connectivity index (χ4v) is 2.26. The molecule has 5 nitrogen and oxygen atoms in total. The highest BCUT2D eigenvalue weighted by Gasteiger charge is 2.09. The van der Waals surface area contributed by atoms with E-state index in [1.54, 1.807) is 18.2 Å². The van der Waals surface area contributed by atoms with Crippen LogP contribution in [-0.4, -0.2) is 15.8 Å². The number of rotatable bonds is 3. The number of hydrazone groups is 1. The zero-order chi connectivity index (χ0) is 13.8. The Labute approximate surface area is 122 Å². The zero-order valence-corrected chi connectivity index (χ0v) is 11.6. The third-order valence-electron chi connectivity index (χ3n) is 2.02. The molecule has 0 aliphatic heterocycles. The Bertz CT molecular complexity index is 678. The Morgan fingerprint density at radius 2 is 2.26 bits per heavy atom. The number of nitriles is 1. The van der Waals surface area contributed by atoms with Crippen LogP contribution in [0, 0.1) is 11.3 Å². The fourth-order valence-electron chi connectivity index (χ4n) is 1.19. The van der Waals surface area contributed by atoms with Crippen LogP contribution < -0.4 is 5.43 Å². The highest BCUT2D eigenvalue weighted by Crippen LogP contribution is 2.25. The molecule has 0 amide bonds. The van der Waals surface area contributed by atoms with Crippen LogP contribution in [0.15, 0.2) is 28.7 Å². The van der Waals surface area contributed by atoms with Crippen molar-refractivity contribution in [3.05, 3.63) is 38.6 Å². The highest BCUT2D eigenvalue weighted by molar-refractivity contribution is 7.12. The van der Waals surface area contributed by atoms with Gasteiger partial charge in [-0.2, -0.15) is 15.3 Å². The minimum atomic E-state index is -0.146. The molecule has 0 saturated carbocycles. The number of hydrogen-bond donors (Lipinski definition) is 2. The van der Waals surface area contributed by atoms with E-state index in [1.807, 2.05) is 6.07 Å². The number of aromatic hydroxyl groups is 1. The molecule has 2 rings (SSSR count). The second-order valence-corrected chi connectivity index (χ2v) is 5.02. The van der Waals surface area contributed by atoms with E-state index < -0.39 is 0 Å². The summed E-state index contributed by atoms with van der Waals surface area (Å²) in [5.74, 6) is -0.146. The van der Waals surface area contributed by atoms with Crippen LogP contribution in [0.4, 0.5) is 5.69 Å². The van der Waals surface area contributed by atoms with E-state index in [2.05, 4.69) is 15.5 Å². The van der Waals surface area contributed by atoms with Gasteiger partial charge < -0.3 is 5.11 Å². The third kappa shape index (κ3) is 3.35. The van der Waals surface area contributed by atoms with Crippen LogP contribution >= 0.6 is 34.5 Å². The van der Waals surface area contributed by atoms with Crippen molar-refractivity contribution < 1.29 is 5.11 Å². The van der Waals surface area contributed by atoms with Crippen LogP contribution in [0.3, 0.4) is 0 Å². The third-order valence-corrected chi connectivity index (χ3v) is 3.40. The lowest BCUT2D eigenvalue weighted by Crippen LogP contribution is -2.01. The Morgan fingerprint density at radius 3 is 2.84 bits per heavy atom. The molecule has 0 saturated heterocycles. The van der Waals surface area contributed by atoms with Gasteiger partial charge in [-0.05, 0) is 18.2 Å². The first-order valence-electron chi connectivity index (χ1n) is 4.94. The van der Waals surface area contributed by atoms with Gasteiger partial charge in [0.1, 0.15) is 6.07 Å². The summed E-state index contributed by atoms with van der Waals surface area (Å²) in [4.78, 5) is 3.76. The maximum absolute atomic E-state index is 9.14. The quantitative estimate of drug-likeness (QED) is 0.671. The summed E-state index contributed by atoms with van der Waals surface area (Å²) in [5.41, 5.74) is 3.22. The average molecular weight is 313 g/mol. The fraction of sp³-hybridized carbons (Fsp3) is 0. The summed E-state index contributed by atoms with van der Waals surface area (Å²) < 4.78 is 0. The smallest absolute Gasteiger partial charge is 0.222 e. The molecule has 1 aromatic carbocycles. The molecule has 2 aromatic rings. The van der Waals surface area contributed by atoms with Crippen LogP contribution in [0.2, 0.25) is 10.0 Å². The maximum atomic E-state index is 9.14. The summed E-state index contributed by atoms with van der Waals surface area (Å²) in [6, 6.07) is 6.73. The molecule has 19 heavy (non-hydrogen) atoms. The van der Waals surface area contributed by atoms with Gasteiger partial charge in [0.25, 0.3) is 0 Å². The van der Waals surface area contributed by atoms with Gasteiger partial charge in [-0.1, -0.05) is 23.2 Å². The van der Waals surface area contributed by atoms with Gasteiger partial charge in [-0.25, -0.2) is 0 Å². The second kappa shape index (κ2) is 5.89. The van der Waals surface area contributed by atoms with Gasteiger partial charge in [0.05, 0.1) is 16.1 Å². The van der Waals surface area contributed by atoms with Crippen molar-refractivity contribution in [2.75, 3.05) is 5.43 Å². The summed E-state index contributed by atoms with van der Waals surface area (Å²) >= 11 is 12.8. The van der Waals surface area contributed by atoms with Crippen molar-refractivity contribution in [1.82, 2.24) is 4.98 Å². The minimum absolute atomic E-state index is 0.0521. The number of aromatic nitrogens is 1. The molecule has 1 aromatic heterocycles. The summed E-state index contributed by atoms with van der Waals surface area (Å²) in [7, 11) is 0. The van der Waals surface area contributed by atoms with E-state index in [0.29, 0.717) is 20.7 Å². The van der Waals surface area contributed by atoms with Gasteiger partial charge >= 0.3 is 0 Å². The Morgan fingerprint density at radius 1 is 1.47 bits per heavy atom. The van der Waals surface area contributed by atoms with E-state index in [9.17, 15) is 0 Å². The van der Waals surface area contributed by atoms with Gasteiger partial charge in [0.2, 0.25) is 5.88 Å². The summed E-state index contributed by atoms with van der Waals surface area (Å²) in [5, 5.41) is 24.6. The number of nitrogens with zero attached hydrogens (tertiary/aromatic N) is 3. The van der Waals surface area contributed by atoms with Crippen LogP contribution in [0.1, 0.15) is 5.01 Å². The van der Waals surface area contributed by atoms with E-state index in [1.165, 1.54) is 5.38 Å². The van der Waals surface area contributed by atoms with Crippen molar-refractivity contribution in [3.63, 3.8) is 0 Å². The maximum Gasteiger partial charge on any atom is 0.222 e. The molecule has 0 atom stereocenters. The lowest BCUT2D eigenvalue weighted by Gasteiger charge is -2.03. The number of nitrogens with one attached hydrogen (secondary N) is 1. The molecule has 0 aliphatic carbocycles. The Hall–Kier alpha value is -1.81. The van der Waals surface area contributed by atoms with E-state index in [-0.39, 0.29) is 11.6 Å². The number of halogens is 2. The van der Waals surface area contributed by atoms with E-state index >= 15 is 0 Å². The second-order valence-electron chi connectivity index (χ2n) is 3.32. The molecule has 96 valence electrons. The van der Waals surface area contributed by atoms with Crippen molar-refractivity contribution in [3.8, 4) is 11.9 Å². The highest BCUT2D eigenvalue weighted by atomic mass is 35.5. The van der Waals surface area contributed by atoms with Gasteiger partial charge in [0, 0.05) is 5.02 Å². The molecule has 1 heterocycles. The van der Waals surface area contributed by atoms with Gasteiger partial charge in [0.15, 0.2) is 10.7 Å². The van der Waals surface area contributed by atoms with E-state index in [4.69, 9.17) is 33.6 Å². The van der Waals surface area contributed by atoms with Crippen LogP contribution in [0.25, 0.3) is 0 Å². The average Bonchev–Trinajstić information content (AvgIpc) is 2.79. The first kappa shape index (κ1) is 13.6. The van der Waals surface area contributed by atoms with Crippen LogP contribution in [-0.2, 0) is 0 Å². The Kier molecular flexibility index (Phi) is 4.22. The summed E-state index contributed by atoms with van der Waals surface area (Å²) in [6.07, 6.45) is 0. The molecule has 0 aliphatic rings. The van der Waals surface area contributed by atoms with E-state index in [0.717, 1.165) is 11.3 Å². The normalized spacial score (nSPS) is 11.1. The molecule has 0 fully saturated rings. The lowest BCUT2D eigenvalue weighted by atomic mass is 10.3.